The van der Waals surface area contributed by atoms with E-state index in [0.717, 1.165) is 16.9 Å². The molecule has 2 nitrogen and oxygen atoms in total. The van der Waals surface area contributed by atoms with Gasteiger partial charge in [0.25, 0.3) is 0 Å². The summed E-state index contributed by atoms with van der Waals surface area (Å²) in [5.41, 5.74) is 3.08. The van der Waals surface area contributed by atoms with E-state index in [0.29, 0.717) is 16.6 Å². The van der Waals surface area contributed by atoms with Crippen molar-refractivity contribution in [3.05, 3.63) is 57.8 Å². The highest BCUT2D eigenvalue weighted by atomic mass is 35.5. The highest BCUT2D eigenvalue weighted by Gasteiger charge is 1.99. The minimum atomic E-state index is 0.576. The molecule has 0 aliphatic rings. The van der Waals surface area contributed by atoms with Gasteiger partial charge >= 0.3 is 0 Å². The van der Waals surface area contributed by atoms with Gasteiger partial charge in [-0.15, -0.1) is 0 Å². The van der Waals surface area contributed by atoms with Crippen molar-refractivity contribution in [2.75, 3.05) is 5.32 Å². The van der Waals surface area contributed by atoms with Gasteiger partial charge in [0, 0.05) is 12.2 Å². The summed E-state index contributed by atoms with van der Waals surface area (Å²) in [5, 5.41) is 4.42. The van der Waals surface area contributed by atoms with Gasteiger partial charge in [-0.2, -0.15) is 0 Å². The maximum absolute atomic E-state index is 5.94. The molecule has 0 fully saturated rings. The zero-order valence-corrected chi connectivity index (χ0v) is 10.9. The topological polar surface area (TPSA) is 24.9 Å². The lowest BCUT2D eigenvalue weighted by Crippen LogP contribution is -1.99. The Morgan fingerprint density at radius 3 is 2.59 bits per heavy atom. The predicted molar refractivity (Wildman–Crippen MR) is 72.8 cm³/mol. The van der Waals surface area contributed by atoms with Crippen molar-refractivity contribution in [1.82, 2.24) is 4.98 Å². The molecule has 0 aliphatic heterocycles. The van der Waals surface area contributed by atoms with E-state index in [1.165, 1.54) is 0 Å². The highest BCUT2D eigenvalue weighted by Crippen LogP contribution is 2.23. The van der Waals surface area contributed by atoms with Crippen LogP contribution >= 0.6 is 23.2 Å². The summed E-state index contributed by atoms with van der Waals surface area (Å²) in [5.74, 6) is 0. The first-order valence-corrected chi connectivity index (χ1v) is 6.01. The average molecular weight is 267 g/mol. The van der Waals surface area contributed by atoms with Gasteiger partial charge in [-0.3, -0.25) is 4.98 Å². The monoisotopic (exact) mass is 266 g/mol. The van der Waals surface area contributed by atoms with Gasteiger partial charge in [0.2, 0.25) is 0 Å². The smallest absolute Gasteiger partial charge is 0.0595 e. The van der Waals surface area contributed by atoms with Crippen molar-refractivity contribution in [3.8, 4) is 0 Å². The first kappa shape index (κ1) is 12.2. The van der Waals surface area contributed by atoms with Crippen LogP contribution < -0.4 is 5.32 Å². The number of nitrogens with zero attached hydrogens (tertiary/aromatic N) is 1. The fraction of sp³-hybridized carbons (Fsp3) is 0.154. The van der Waals surface area contributed by atoms with Crippen LogP contribution in [0, 0.1) is 6.92 Å². The maximum atomic E-state index is 5.94. The van der Waals surface area contributed by atoms with Crippen LogP contribution in [0.15, 0.2) is 36.5 Å². The van der Waals surface area contributed by atoms with E-state index in [-0.39, 0.29) is 0 Å². The third-order valence-corrected chi connectivity index (χ3v) is 3.13. The first-order chi connectivity index (χ1) is 8.15. The van der Waals surface area contributed by atoms with Crippen molar-refractivity contribution in [3.63, 3.8) is 0 Å². The fourth-order valence-electron chi connectivity index (χ4n) is 1.43. The number of benzene rings is 1. The summed E-state index contributed by atoms with van der Waals surface area (Å²) in [6, 6.07) is 9.58. The zero-order valence-electron chi connectivity index (χ0n) is 9.37. The number of aryl methyl sites for hydroxylation is 1. The van der Waals surface area contributed by atoms with Gasteiger partial charge in [0.1, 0.15) is 0 Å². The van der Waals surface area contributed by atoms with Gasteiger partial charge < -0.3 is 5.32 Å². The first-order valence-electron chi connectivity index (χ1n) is 5.25. The molecular formula is C13H12Cl2N2. The van der Waals surface area contributed by atoms with Crippen molar-refractivity contribution in [2.45, 2.75) is 13.5 Å². The zero-order chi connectivity index (χ0) is 12.3. The predicted octanol–water partition coefficient (Wildman–Crippen LogP) is 4.31. The number of hydrogen-bond acceptors (Lipinski definition) is 2. The second-order valence-corrected chi connectivity index (χ2v) is 4.60. The van der Waals surface area contributed by atoms with E-state index in [1.54, 1.807) is 6.07 Å². The van der Waals surface area contributed by atoms with Crippen LogP contribution in [0.1, 0.15) is 11.3 Å². The Balaban J connectivity index is 2.02. The van der Waals surface area contributed by atoms with Crippen LogP contribution in [0.5, 0.6) is 0 Å². The Labute approximate surface area is 111 Å². The second kappa shape index (κ2) is 5.39. The molecule has 2 aromatic rings. The summed E-state index contributed by atoms with van der Waals surface area (Å²) in [6.45, 7) is 2.66. The van der Waals surface area contributed by atoms with Crippen LogP contribution in [0.4, 0.5) is 5.69 Å². The molecule has 0 unspecified atom stereocenters. The molecule has 88 valence electrons. The number of nitrogens with one attached hydrogen (secondary N) is 1. The van der Waals surface area contributed by atoms with Crippen LogP contribution in [0.3, 0.4) is 0 Å². The Bertz CT molecular complexity index is 509. The minimum Gasteiger partial charge on any atom is -0.380 e. The minimum absolute atomic E-state index is 0.576. The number of aromatic nitrogens is 1. The molecule has 0 atom stereocenters. The summed E-state index contributed by atoms with van der Waals surface area (Å²) >= 11 is 11.8. The Hall–Kier alpha value is -1.25. The molecule has 0 saturated carbocycles. The molecule has 0 radical (unpaired) electrons. The fourth-order valence-corrected chi connectivity index (χ4v) is 1.75. The number of rotatable bonds is 3. The molecule has 17 heavy (non-hydrogen) atoms. The molecule has 0 aliphatic carbocycles. The summed E-state index contributed by atoms with van der Waals surface area (Å²) in [7, 11) is 0. The Morgan fingerprint density at radius 1 is 1.12 bits per heavy atom. The van der Waals surface area contributed by atoms with Gasteiger partial charge in [0.15, 0.2) is 0 Å². The molecule has 0 saturated heterocycles. The van der Waals surface area contributed by atoms with Crippen LogP contribution in [0.2, 0.25) is 10.0 Å². The molecule has 1 N–H and O–H groups in total. The molecule has 4 heteroatoms. The number of pyridine rings is 1. The van der Waals surface area contributed by atoms with Crippen LogP contribution in [-0.4, -0.2) is 4.98 Å². The third-order valence-electron chi connectivity index (χ3n) is 2.39. The van der Waals surface area contributed by atoms with E-state index in [2.05, 4.69) is 10.3 Å². The van der Waals surface area contributed by atoms with Crippen LogP contribution in [-0.2, 0) is 6.54 Å². The van der Waals surface area contributed by atoms with Gasteiger partial charge in [-0.25, -0.2) is 0 Å². The van der Waals surface area contributed by atoms with Crippen molar-refractivity contribution in [1.29, 1.82) is 0 Å². The number of halogens is 2. The maximum Gasteiger partial charge on any atom is 0.0595 e. The van der Waals surface area contributed by atoms with Crippen molar-refractivity contribution >= 4 is 28.9 Å². The summed E-state index contributed by atoms with van der Waals surface area (Å²) < 4.78 is 0. The molecule has 1 heterocycles. The van der Waals surface area contributed by atoms with Gasteiger partial charge in [-0.1, -0.05) is 29.3 Å². The van der Waals surface area contributed by atoms with Crippen molar-refractivity contribution in [2.24, 2.45) is 0 Å². The summed E-state index contributed by atoms with van der Waals surface area (Å²) in [4.78, 5) is 4.21. The van der Waals surface area contributed by atoms with E-state index in [1.807, 2.05) is 37.4 Å². The number of hydrogen-bond donors (Lipinski definition) is 1. The van der Waals surface area contributed by atoms with Crippen LogP contribution in [0.25, 0.3) is 0 Å². The third kappa shape index (κ3) is 3.35. The molecule has 0 bridgehead atoms. The van der Waals surface area contributed by atoms with Gasteiger partial charge in [0.05, 0.1) is 21.9 Å². The molecule has 0 amide bonds. The SMILES string of the molecule is Cc1ccc(NCc2ccc(Cl)c(Cl)c2)cn1. The van der Waals surface area contributed by atoms with E-state index in [9.17, 15) is 0 Å². The molecule has 1 aromatic heterocycles. The highest BCUT2D eigenvalue weighted by molar-refractivity contribution is 6.42. The molecule has 1 aromatic carbocycles. The molecule has 2 rings (SSSR count). The quantitative estimate of drug-likeness (QED) is 0.896. The Morgan fingerprint density at radius 2 is 1.94 bits per heavy atom. The largest absolute Gasteiger partial charge is 0.380 e. The van der Waals surface area contributed by atoms with E-state index in [4.69, 9.17) is 23.2 Å². The lowest BCUT2D eigenvalue weighted by molar-refractivity contribution is 1.12. The lowest BCUT2D eigenvalue weighted by atomic mass is 10.2. The number of anilines is 1. The molecular weight excluding hydrogens is 255 g/mol. The van der Waals surface area contributed by atoms with Gasteiger partial charge in [-0.05, 0) is 36.8 Å². The lowest BCUT2D eigenvalue weighted by Gasteiger charge is -2.07. The normalized spacial score (nSPS) is 10.3. The average Bonchev–Trinajstić information content (AvgIpc) is 2.33. The Kier molecular flexibility index (Phi) is 3.87. The van der Waals surface area contributed by atoms with E-state index < -0.39 is 0 Å². The standard InChI is InChI=1S/C13H12Cl2N2/c1-9-2-4-11(8-16-9)17-7-10-3-5-12(14)13(15)6-10/h2-6,8,17H,7H2,1H3. The summed E-state index contributed by atoms with van der Waals surface area (Å²) in [6.07, 6.45) is 1.81. The second-order valence-electron chi connectivity index (χ2n) is 3.79. The van der Waals surface area contributed by atoms with E-state index >= 15 is 0 Å². The molecule has 0 spiro atoms. The van der Waals surface area contributed by atoms with Crippen molar-refractivity contribution < 1.29 is 0 Å².